The molecule has 17 heavy (non-hydrogen) atoms. The van der Waals surface area contributed by atoms with Gasteiger partial charge in [-0.05, 0) is 46.6 Å². The molecule has 0 saturated carbocycles. The van der Waals surface area contributed by atoms with Crippen molar-refractivity contribution in [2.45, 2.75) is 19.6 Å². The Morgan fingerprint density at radius 3 is 2.88 bits per heavy atom. The van der Waals surface area contributed by atoms with Gasteiger partial charge in [-0.3, -0.25) is 0 Å². The van der Waals surface area contributed by atoms with Crippen LogP contribution in [0, 0.1) is 0 Å². The molecule has 1 aromatic carbocycles. The third-order valence-electron chi connectivity index (χ3n) is 2.39. The van der Waals surface area contributed by atoms with Gasteiger partial charge in [0.25, 0.3) is 0 Å². The number of hydrogen-bond donors (Lipinski definition) is 1. The molecule has 0 amide bonds. The molecule has 4 heteroatoms. The zero-order valence-electron chi connectivity index (χ0n) is 9.52. The van der Waals surface area contributed by atoms with E-state index in [0.717, 1.165) is 15.8 Å². The highest BCUT2D eigenvalue weighted by atomic mass is 79.9. The monoisotopic (exact) mass is 311 g/mol. The van der Waals surface area contributed by atoms with Gasteiger partial charge < -0.3 is 10.5 Å². The van der Waals surface area contributed by atoms with Crippen LogP contribution < -0.4 is 10.5 Å². The summed E-state index contributed by atoms with van der Waals surface area (Å²) in [6.45, 7) is 2.56. The molecule has 1 heterocycles. The molecule has 0 radical (unpaired) electrons. The fourth-order valence-corrected chi connectivity index (χ4v) is 2.83. The van der Waals surface area contributed by atoms with Crippen molar-refractivity contribution in [1.82, 2.24) is 0 Å². The first-order chi connectivity index (χ1) is 8.15. The summed E-state index contributed by atoms with van der Waals surface area (Å²) in [7, 11) is 0. The van der Waals surface area contributed by atoms with Crippen LogP contribution in [0.2, 0.25) is 0 Å². The van der Waals surface area contributed by atoms with Gasteiger partial charge in [0.1, 0.15) is 12.4 Å². The van der Waals surface area contributed by atoms with Gasteiger partial charge in [-0.25, -0.2) is 0 Å². The standard InChI is InChI=1S/C13H14BrNOS/c1-9(15)10-3-2-4-12(5-10)16-7-13-6-11(14)8-17-13/h2-6,8-9H,7,15H2,1H3/t9-/m0/s1. The summed E-state index contributed by atoms with van der Waals surface area (Å²) >= 11 is 5.11. The molecule has 1 aromatic heterocycles. The highest BCUT2D eigenvalue weighted by Crippen LogP contribution is 2.23. The minimum absolute atomic E-state index is 0.0365. The van der Waals surface area contributed by atoms with Crippen LogP contribution in [0.25, 0.3) is 0 Å². The van der Waals surface area contributed by atoms with Crippen LogP contribution in [-0.4, -0.2) is 0 Å². The lowest BCUT2D eigenvalue weighted by atomic mass is 10.1. The predicted octanol–water partition coefficient (Wildman–Crippen LogP) is 4.11. The molecular formula is C13H14BrNOS. The smallest absolute Gasteiger partial charge is 0.122 e. The number of ether oxygens (including phenoxy) is 1. The Morgan fingerprint density at radius 2 is 2.24 bits per heavy atom. The highest BCUT2D eigenvalue weighted by molar-refractivity contribution is 9.10. The third-order valence-corrected chi connectivity index (χ3v) is 4.06. The van der Waals surface area contributed by atoms with Gasteiger partial charge in [-0.2, -0.15) is 0 Å². The topological polar surface area (TPSA) is 35.2 Å². The van der Waals surface area contributed by atoms with Crippen LogP contribution in [0.1, 0.15) is 23.4 Å². The molecule has 1 atom stereocenters. The van der Waals surface area contributed by atoms with E-state index in [9.17, 15) is 0 Å². The zero-order valence-corrected chi connectivity index (χ0v) is 11.9. The molecule has 0 unspecified atom stereocenters. The van der Waals surface area contributed by atoms with Crippen molar-refractivity contribution in [3.8, 4) is 5.75 Å². The molecule has 0 aliphatic heterocycles. The number of halogens is 1. The van der Waals surface area contributed by atoms with Crippen LogP contribution in [0.3, 0.4) is 0 Å². The van der Waals surface area contributed by atoms with Gasteiger partial charge in [-0.1, -0.05) is 12.1 Å². The Bertz CT molecular complexity index is 496. The van der Waals surface area contributed by atoms with Crippen molar-refractivity contribution in [2.75, 3.05) is 0 Å². The number of rotatable bonds is 4. The second kappa shape index (κ2) is 5.67. The van der Waals surface area contributed by atoms with Gasteiger partial charge in [-0.15, -0.1) is 11.3 Å². The van der Waals surface area contributed by atoms with Gasteiger partial charge in [0.15, 0.2) is 0 Å². The third kappa shape index (κ3) is 3.56. The Labute approximate surface area is 114 Å². The first kappa shape index (κ1) is 12.6. The van der Waals surface area contributed by atoms with Gasteiger partial charge in [0.05, 0.1) is 0 Å². The van der Waals surface area contributed by atoms with Crippen LogP contribution in [-0.2, 0) is 6.61 Å². The molecule has 90 valence electrons. The van der Waals surface area contributed by atoms with Gasteiger partial charge in [0.2, 0.25) is 0 Å². The predicted molar refractivity (Wildman–Crippen MR) is 75.4 cm³/mol. The zero-order chi connectivity index (χ0) is 12.3. The SMILES string of the molecule is C[C@H](N)c1cccc(OCc2cc(Br)cs2)c1. The van der Waals surface area contributed by atoms with E-state index in [1.807, 2.05) is 31.2 Å². The minimum atomic E-state index is 0.0365. The average Bonchev–Trinajstić information content (AvgIpc) is 2.73. The van der Waals surface area contributed by atoms with Crippen molar-refractivity contribution < 1.29 is 4.74 Å². The number of benzene rings is 1. The van der Waals surface area contributed by atoms with E-state index in [-0.39, 0.29) is 6.04 Å². The Kier molecular flexibility index (Phi) is 4.20. The molecule has 0 aliphatic rings. The van der Waals surface area contributed by atoms with Crippen molar-refractivity contribution in [3.63, 3.8) is 0 Å². The van der Waals surface area contributed by atoms with E-state index in [4.69, 9.17) is 10.5 Å². The first-order valence-electron chi connectivity index (χ1n) is 5.36. The van der Waals surface area contributed by atoms with Crippen molar-refractivity contribution >= 4 is 27.3 Å². The lowest BCUT2D eigenvalue weighted by Crippen LogP contribution is -2.05. The molecular weight excluding hydrogens is 298 g/mol. The molecule has 2 nitrogen and oxygen atoms in total. The van der Waals surface area contributed by atoms with E-state index in [1.54, 1.807) is 11.3 Å². The molecule has 0 saturated heterocycles. The van der Waals surface area contributed by atoms with E-state index < -0.39 is 0 Å². The largest absolute Gasteiger partial charge is 0.488 e. The minimum Gasteiger partial charge on any atom is -0.488 e. The molecule has 2 aromatic rings. The van der Waals surface area contributed by atoms with E-state index in [2.05, 4.69) is 27.4 Å². The van der Waals surface area contributed by atoms with E-state index >= 15 is 0 Å². The molecule has 2 N–H and O–H groups in total. The van der Waals surface area contributed by atoms with Gasteiger partial charge >= 0.3 is 0 Å². The Morgan fingerprint density at radius 1 is 1.41 bits per heavy atom. The molecule has 0 aliphatic carbocycles. The van der Waals surface area contributed by atoms with E-state index in [0.29, 0.717) is 6.61 Å². The summed E-state index contributed by atoms with van der Waals surface area (Å²) in [5.74, 6) is 0.865. The maximum atomic E-state index is 5.83. The lowest BCUT2D eigenvalue weighted by molar-refractivity contribution is 0.309. The van der Waals surface area contributed by atoms with E-state index in [1.165, 1.54) is 4.88 Å². The second-order valence-corrected chi connectivity index (χ2v) is 5.79. The quantitative estimate of drug-likeness (QED) is 0.922. The molecule has 0 spiro atoms. The average molecular weight is 312 g/mol. The normalized spacial score (nSPS) is 12.4. The Balaban J connectivity index is 2.01. The summed E-state index contributed by atoms with van der Waals surface area (Å²) < 4.78 is 6.83. The number of thiophene rings is 1. The summed E-state index contributed by atoms with van der Waals surface area (Å²) in [5, 5.41) is 2.05. The first-order valence-corrected chi connectivity index (χ1v) is 7.03. The lowest BCUT2D eigenvalue weighted by Gasteiger charge is -2.09. The maximum Gasteiger partial charge on any atom is 0.122 e. The molecule has 0 fully saturated rings. The van der Waals surface area contributed by atoms with Gasteiger partial charge in [0, 0.05) is 20.8 Å². The molecule has 0 bridgehead atoms. The fraction of sp³-hybridized carbons (Fsp3) is 0.231. The summed E-state index contributed by atoms with van der Waals surface area (Å²) in [5.41, 5.74) is 6.93. The molecule has 2 rings (SSSR count). The van der Waals surface area contributed by atoms with Crippen molar-refractivity contribution in [3.05, 3.63) is 50.6 Å². The fourth-order valence-electron chi connectivity index (χ4n) is 1.47. The van der Waals surface area contributed by atoms with Crippen molar-refractivity contribution in [1.29, 1.82) is 0 Å². The highest BCUT2D eigenvalue weighted by Gasteiger charge is 2.02. The van der Waals surface area contributed by atoms with Crippen LogP contribution in [0.15, 0.2) is 40.2 Å². The van der Waals surface area contributed by atoms with Crippen LogP contribution in [0.4, 0.5) is 0 Å². The summed E-state index contributed by atoms with van der Waals surface area (Å²) in [6.07, 6.45) is 0. The van der Waals surface area contributed by atoms with Crippen molar-refractivity contribution in [2.24, 2.45) is 5.73 Å². The second-order valence-electron chi connectivity index (χ2n) is 3.88. The summed E-state index contributed by atoms with van der Waals surface area (Å²) in [4.78, 5) is 1.20. The number of hydrogen-bond acceptors (Lipinski definition) is 3. The number of nitrogens with two attached hydrogens (primary N) is 1. The van der Waals surface area contributed by atoms with Crippen LogP contribution >= 0.6 is 27.3 Å². The van der Waals surface area contributed by atoms with Crippen LogP contribution in [0.5, 0.6) is 5.75 Å². The Hall–Kier alpha value is -0.840. The maximum absolute atomic E-state index is 5.83. The summed E-state index contributed by atoms with van der Waals surface area (Å²) in [6, 6.07) is 10.0.